The topological polar surface area (TPSA) is 75.7 Å². The minimum atomic E-state index is -3.55. The molecule has 2 aromatic rings. The third-order valence-corrected chi connectivity index (χ3v) is 5.76. The van der Waals surface area contributed by atoms with Crippen molar-refractivity contribution in [3.63, 3.8) is 0 Å². The molecule has 2 rings (SSSR count). The van der Waals surface area contributed by atoms with E-state index in [1.807, 2.05) is 44.2 Å². The Morgan fingerprint density at radius 1 is 1.11 bits per heavy atom. The van der Waals surface area contributed by atoms with Crippen LogP contribution in [0.3, 0.4) is 0 Å². The highest BCUT2D eigenvalue weighted by atomic mass is 32.2. The van der Waals surface area contributed by atoms with Crippen LogP contribution in [0, 0.1) is 0 Å². The molecular formula is C20H26N2O4S. The van der Waals surface area contributed by atoms with Gasteiger partial charge in [0.15, 0.2) is 6.61 Å². The molecule has 0 bridgehead atoms. The molecule has 0 aromatic heterocycles. The first-order chi connectivity index (χ1) is 12.8. The summed E-state index contributed by atoms with van der Waals surface area (Å²) in [4.78, 5) is 14.0. The molecule has 0 heterocycles. The van der Waals surface area contributed by atoms with Crippen LogP contribution in [0.5, 0.6) is 5.75 Å². The molecule has 1 N–H and O–H groups in total. The van der Waals surface area contributed by atoms with Crippen molar-refractivity contribution in [2.75, 3.05) is 13.7 Å². The van der Waals surface area contributed by atoms with Crippen LogP contribution in [0.2, 0.25) is 0 Å². The first-order valence-corrected chi connectivity index (χ1v) is 10.3. The number of carbonyl (C=O) groups is 1. The van der Waals surface area contributed by atoms with E-state index in [9.17, 15) is 13.2 Å². The van der Waals surface area contributed by atoms with E-state index >= 15 is 0 Å². The van der Waals surface area contributed by atoms with Crippen LogP contribution in [0.25, 0.3) is 0 Å². The van der Waals surface area contributed by atoms with Gasteiger partial charge in [0.1, 0.15) is 5.75 Å². The van der Waals surface area contributed by atoms with Crippen molar-refractivity contribution >= 4 is 15.9 Å². The Morgan fingerprint density at radius 3 is 2.33 bits per heavy atom. The van der Waals surface area contributed by atoms with E-state index in [4.69, 9.17) is 4.74 Å². The van der Waals surface area contributed by atoms with E-state index in [0.717, 1.165) is 5.56 Å². The number of nitrogens with one attached hydrogen (secondary N) is 1. The fraction of sp³-hybridized carbons (Fsp3) is 0.350. The number of hydrogen-bond acceptors (Lipinski definition) is 4. The predicted molar refractivity (Wildman–Crippen MR) is 105 cm³/mol. The minimum Gasteiger partial charge on any atom is -0.484 e. The molecule has 6 nitrogen and oxygen atoms in total. The van der Waals surface area contributed by atoms with Crippen LogP contribution in [0.1, 0.15) is 25.8 Å². The number of carbonyl (C=O) groups excluding carboxylic acids is 1. The normalized spacial score (nSPS) is 12.4. The summed E-state index contributed by atoms with van der Waals surface area (Å²) in [6.45, 7) is 4.12. The van der Waals surface area contributed by atoms with Gasteiger partial charge in [-0.05, 0) is 43.2 Å². The molecule has 0 saturated heterocycles. The van der Waals surface area contributed by atoms with Gasteiger partial charge in [0, 0.05) is 19.6 Å². The van der Waals surface area contributed by atoms with Crippen LogP contribution >= 0.6 is 0 Å². The van der Waals surface area contributed by atoms with Gasteiger partial charge in [-0.25, -0.2) is 13.1 Å². The molecule has 0 aliphatic heterocycles. The second-order valence-corrected chi connectivity index (χ2v) is 8.14. The van der Waals surface area contributed by atoms with Crippen molar-refractivity contribution in [2.45, 2.75) is 37.8 Å². The quantitative estimate of drug-likeness (QED) is 0.714. The lowest BCUT2D eigenvalue weighted by molar-refractivity contribution is -0.132. The molecule has 0 aliphatic carbocycles. The molecule has 0 unspecified atom stereocenters. The van der Waals surface area contributed by atoms with Gasteiger partial charge in [0.2, 0.25) is 10.0 Å². The number of ether oxygens (including phenoxy) is 1. The van der Waals surface area contributed by atoms with E-state index in [-0.39, 0.29) is 23.5 Å². The van der Waals surface area contributed by atoms with Crippen LogP contribution in [0.4, 0.5) is 0 Å². The number of benzene rings is 2. The summed E-state index contributed by atoms with van der Waals surface area (Å²) in [5.74, 6) is 0.285. The Hall–Kier alpha value is -2.38. The highest BCUT2D eigenvalue weighted by Gasteiger charge is 2.16. The zero-order valence-corrected chi connectivity index (χ0v) is 16.7. The molecule has 0 fully saturated rings. The SMILES string of the molecule is CC[C@@H](C)NS(=O)(=O)c1ccc(OCC(=O)N(C)Cc2ccccc2)cc1. The molecule has 1 amide bonds. The minimum absolute atomic E-state index is 0.111. The van der Waals surface area contributed by atoms with E-state index in [1.165, 1.54) is 12.1 Å². The van der Waals surface area contributed by atoms with Gasteiger partial charge < -0.3 is 9.64 Å². The van der Waals surface area contributed by atoms with Gasteiger partial charge in [-0.2, -0.15) is 0 Å². The van der Waals surface area contributed by atoms with Gasteiger partial charge in [-0.15, -0.1) is 0 Å². The highest BCUT2D eigenvalue weighted by molar-refractivity contribution is 7.89. The van der Waals surface area contributed by atoms with E-state index < -0.39 is 10.0 Å². The van der Waals surface area contributed by atoms with Gasteiger partial charge in [-0.1, -0.05) is 37.3 Å². The zero-order valence-electron chi connectivity index (χ0n) is 15.9. The Bertz CT molecular complexity index is 836. The van der Waals surface area contributed by atoms with Crippen molar-refractivity contribution in [3.05, 3.63) is 60.2 Å². The zero-order chi connectivity index (χ0) is 19.9. The van der Waals surface area contributed by atoms with Gasteiger partial charge in [-0.3, -0.25) is 4.79 Å². The van der Waals surface area contributed by atoms with Gasteiger partial charge in [0.25, 0.3) is 5.91 Å². The molecule has 146 valence electrons. The smallest absolute Gasteiger partial charge is 0.260 e. The van der Waals surface area contributed by atoms with Crippen molar-refractivity contribution in [1.82, 2.24) is 9.62 Å². The maximum atomic E-state index is 12.2. The summed E-state index contributed by atoms with van der Waals surface area (Å²) in [5, 5.41) is 0. The Morgan fingerprint density at radius 2 is 1.74 bits per heavy atom. The van der Waals surface area contributed by atoms with Crippen molar-refractivity contribution in [2.24, 2.45) is 0 Å². The van der Waals surface area contributed by atoms with E-state index in [0.29, 0.717) is 18.7 Å². The van der Waals surface area contributed by atoms with Crippen LogP contribution in [0.15, 0.2) is 59.5 Å². The number of rotatable bonds is 9. The van der Waals surface area contributed by atoms with Crippen LogP contribution < -0.4 is 9.46 Å². The molecule has 0 saturated carbocycles. The van der Waals surface area contributed by atoms with E-state index in [1.54, 1.807) is 24.1 Å². The lowest BCUT2D eigenvalue weighted by Gasteiger charge is -2.17. The molecule has 27 heavy (non-hydrogen) atoms. The average molecular weight is 391 g/mol. The molecule has 0 aliphatic rings. The fourth-order valence-corrected chi connectivity index (χ4v) is 3.66. The average Bonchev–Trinajstić information content (AvgIpc) is 2.66. The number of amides is 1. The van der Waals surface area contributed by atoms with Gasteiger partial charge in [0.05, 0.1) is 4.90 Å². The molecule has 0 radical (unpaired) electrons. The molecule has 7 heteroatoms. The third kappa shape index (κ3) is 6.37. The molecule has 1 atom stereocenters. The lowest BCUT2D eigenvalue weighted by Crippen LogP contribution is -2.32. The highest BCUT2D eigenvalue weighted by Crippen LogP contribution is 2.16. The number of hydrogen-bond donors (Lipinski definition) is 1. The number of sulfonamides is 1. The van der Waals surface area contributed by atoms with Crippen LogP contribution in [-0.2, 0) is 21.4 Å². The first-order valence-electron chi connectivity index (χ1n) is 8.85. The Labute approximate surface area is 161 Å². The molecule has 0 spiro atoms. The van der Waals surface area contributed by atoms with Crippen molar-refractivity contribution < 1.29 is 17.9 Å². The number of nitrogens with zero attached hydrogens (tertiary/aromatic N) is 1. The summed E-state index contributed by atoms with van der Waals surface area (Å²) in [6, 6.07) is 15.6. The monoisotopic (exact) mass is 390 g/mol. The molecular weight excluding hydrogens is 364 g/mol. The summed E-state index contributed by atoms with van der Waals surface area (Å²) in [7, 11) is -1.83. The summed E-state index contributed by atoms with van der Waals surface area (Å²) < 4.78 is 32.5. The third-order valence-electron chi connectivity index (χ3n) is 4.15. The van der Waals surface area contributed by atoms with Crippen molar-refractivity contribution in [3.8, 4) is 5.75 Å². The van der Waals surface area contributed by atoms with Crippen molar-refractivity contribution in [1.29, 1.82) is 0 Å². The second kappa shape index (κ2) is 9.53. The second-order valence-electron chi connectivity index (χ2n) is 6.43. The Kier molecular flexibility index (Phi) is 7.38. The maximum absolute atomic E-state index is 12.2. The van der Waals surface area contributed by atoms with Gasteiger partial charge >= 0.3 is 0 Å². The fourth-order valence-electron chi connectivity index (χ4n) is 2.33. The molecule has 2 aromatic carbocycles. The van der Waals surface area contributed by atoms with E-state index in [2.05, 4.69) is 4.72 Å². The summed E-state index contributed by atoms with van der Waals surface area (Å²) in [6.07, 6.45) is 0.707. The lowest BCUT2D eigenvalue weighted by atomic mass is 10.2. The summed E-state index contributed by atoms with van der Waals surface area (Å²) in [5.41, 5.74) is 1.04. The predicted octanol–water partition coefficient (Wildman–Crippen LogP) is 2.80. The maximum Gasteiger partial charge on any atom is 0.260 e. The van der Waals surface area contributed by atoms with Crippen LogP contribution in [-0.4, -0.2) is 38.9 Å². The Balaban J connectivity index is 1.90. The summed E-state index contributed by atoms with van der Waals surface area (Å²) >= 11 is 0. The standard InChI is InChI=1S/C20H26N2O4S/c1-4-16(2)21-27(24,25)19-12-10-18(11-13-19)26-15-20(23)22(3)14-17-8-6-5-7-9-17/h5-13,16,21H,4,14-15H2,1-3H3/t16-/m1/s1. The first kappa shape index (κ1) is 20.9. The largest absolute Gasteiger partial charge is 0.484 e. The number of likely N-dealkylation sites (N-methyl/N-ethyl adjacent to an activating group) is 1.